The molecular weight excluding hydrogens is 430 g/mol. The number of primary amides is 1. The van der Waals surface area contributed by atoms with E-state index in [1.807, 2.05) is 54.6 Å². The molecule has 0 bridgehead atoms. The molecule has 0 heterocycles. The summed E-state index contributed by atoms with van der Waals surface area (Å²) in [6.07, 6.45) is 0. The van der Waals surface area contributed by atoms with Gasteiger partial charge in [-0.05, 0) is 40.5 Å². The van der Waals surface area contributed by atoms with E-state index in [9.17, 15) is 4.79 Å². The summed E-state index contributed by atoms with van der Waals surface area (Å²) in [7, 11) is 0. The summed E-state index contributed by atoms with van der Waals surface area (Å²) in [5.74, 6) is 0. The van der Waals surface area contributed by atoms with Gasteiger partial charge in [-0.2, -0.15) is 0 Å². The Hall–Kier alpha value is -1.84. The summed E-state index contributed by atoms with van der Waals surface area (Å²) in [6.45, 7) is 2.09. The number of nitrogens with two attached hydrogens (primary N) is 1. The molecule has 7 heteroatoms. The number of aryl methyl sites for hydroxylation is 1. The van der Waals surface area contributed by atoms with Crippen LogP contribution in [-0.4, -0.2) is 11.4 Å². The van der Waals surface area contributed by atoms with Crippen molar-refractivity contribution in [3.8, 4) is 0 Å². The Morgan fingerprint density at radius 2 is 1.54 bits per heavy atom. The van der Waals surface area contributed by atoms with Gasteiger partial charge in [0.25, 0.3) is 0 Å². The highest BCUT2D eigenvalue weighted by molar-refractivity contribution is 8.25. The molecule has 3 aromatic carbocycles. The summed E-state index contributed by atoms with van der Waals surface area (Å²) in [4.78, 5) is 11.2. The van der Waals surface area contributed by atoms with Gasteiger partial charge in [0.15, 0.2) is 0 Å². The molecule has 28 heavy (non-hydrogen) atoms. The predicted octanol–water partition coefficient (Wildman–Crippen LogP) is 4.66. The molecule has 0 saturated carbocycles. The van der Waals surface area contributed by atoms with E-state index in [0.29, 0.717) is 5.69 Å². The highest BCUT2D eigenvalue weighted by Gasteiger charge is 2.26. The molecule has 3 nitrogen and oxygen atoms in total. The molecule has 0 saturated heterocycles. The van der Waals surface area contributed by atoms with E-state index >= 15 is 0 Å². The average Bonchev–Trinajstić information content (AvgIpc) is 2.69. The first-order valence-electron chi connectivity index (χ1n) is 8.44. The molecule has 3 N–H and O–H groups in total. The van der Waals surface area contributed by atoms with Crippen molar-refractivity contribution in [2.24, 2.45) is 5.73 Å². The van der Waals surface area contributed by atoms with Crippen molar-refractivity contribution in [1.82, 2.24) is 0 Å². The van der Waals surface area contributed by atoms with Gasteiger partial charge < -0.3 is 11.1 Å². The molecule has 0 fully saturated rings. The van der Waals surface area contributed by atoms with Gasteiger partial charge in [-0.15, -0.1) is 23.2 Å². The number of halogens is 2. The molecule has 0 unspecified atom stereocenters. The van der Waals surface area contributed by atoms with Gasteiger partial charge in [-0.3, -0.25) is 0 Å². The Morgan fingerprint density at radius 1 is 0.964 bits per heavy atom. The first kappa shape index (κ1) is 22.4. The quantitative estimate of drug-likeness (QED) is 0.448. The largest absolute Gasteiger partial charge is 0.351 e. The van der Waals surface area contributed by atoms with Gasteiger partial charge in [-0.25, -0.2) is 4.79 Å². The van der Waals surface area contributed by atoms with E-state index in [4.69, 9.17) is 40.7 Å². The monoisotopic (exact) mass is 450 g/mol. The van der Waals surface area contributed by atoms with Crippen LogP contribution < -0.4 is 27.0 Å². The standard InChI is InChI=1S/C20H19N2OPS.CH2Cl2/c1-15-8-5-6-13-19(15)24(25,17-10-3-2-4-11-17)18-12-7-9-16(14-18)22-20(21)23;2-1-3/h2-14H,1H3,(H3,21,22,23);1H2/t24-;/m0./s1. The molecule has 146 valence electrons. The summed E-state index contributed by atoms with van der Waals surface area (Å²) < 4.78 is 0. The fraction of sp³-hybridized carbons (Fsp3) is 0.0952. The van der Waals surface area contributed by atoms with Crippen molar-refractivity contribution in [1.29, 1.82) is 0 Å². The van der Waals surface area contributed by atoms with Crippen LogP contribution in [0, 0.1) is 6.92 Å². The zero-order chi connectivity index (χ0) is 20.6. The fourth-order valence-electron chi connectivity index (χ4n) is 2.90. The van der Waals surface area contributed by atoms with Crippen molar-refractivity contribution in [2.45, 2.75) is 6.92 Å². The molecular formula is C21H21Cl2N2OPS. The molecule has 0 aliphatic rings. The number of benzene rings is 3. The Morgan fingerprint density at radius 3 is 2.14 bits per heavy atom. The molecule has 0 spiro atoms. The fourth-order valence-corrected chi connectivity index (χ4v) is 7.15. The lowest BCUT2D eigenvalue weighted by Gasteiger charge is -2.26. The van der Waals surface area contributed by atoms with E-state index in [1.54, 1.807) is 0 Å². The van der Waals surface area contributed by atoms with Crippen molar-refractivity contribution < 1.29 is 4.79 Å². The zero-order valence-electron chi connectivity index (χ0n) is 15.3. The maximum Gasteiger partial charge on any atom is 0.316 e. The molecule has 1 atom stereocenters. The summed E-state index contributed by atoms with van der Waals surface area (Å²) >= 11 is 15.9. The number of hydrogen-bond donors (Lipinski definition) is 2. The molecule has 0 aliphatic heterocycles. The van der Waals surface area contributed by atoms with E-state index in [1.165, 1.54) is 5.56 Å². The lowest BCUT2D eigenvalue weighted by Crippen LogP contribution is -2.27. The minimum absolute atomic E-state index is 0.194. The predicted molar refractivity (Wildman–Crippen MR) is 127 cm³/mol. The number of urea groups is 1. The lowest BCUT2D eigenvalue weighted by atomic mass is 10.2. The normalized spacial score (nSPS) is 12.2. The van der Waals surface area contributed by atoms with Crippen LogP contribution in [0.4, 0.5) is 10.5 Å². The van der Waals surface area contributed by atoms with Gasteiger partial charge in [-0.1, -0.05) is 78.5 Å². The molecule has 2 amide bonds. The lowest BCUT2D eigenvalue weighted by molar-refractivity contribution is 0.259. The number of carbonyl (C=O) groups is 1. The third-order valence-electron chi connectivity index (χ3n) is 4.05. The Balaban J connectivity index is 0.000000878. The number of nitrogens with one attached hydrogen (secondary N) is 1. The number of hydrogen-bond acceptors (Lipinski definition) is 2. The van der Waals surface area contributed by atoms with Gasteiger partial charge in [0.1, 0.15) is 0 Å². The van der Waals surface area contributed by atoms with E-state index in [0.717, 1.165) is 15.9 Å². The topological polar surface area (TPSA) is 55.1 Å². The van der Waals surface area contributed by atoms with E-state index in [-0.39, 0.29) is 5.34 Å². The highest BCUT2D eigenvalue weighted by Crippen LogP contribution is 2.44. The smallest absolute Gasteiger partial charge is 0.316 e. The van der Waals surface area contributed by atoms with Crippen molar-refractivity contribution in [3.05, 3.63) is 84.4 Å². The maximum absolute atomic E-state index is 11.2. The third-order valence-corrected chi connectivity index (χ3v) is 9.12. The second-order valence-corrected chi connectivity index (χ2v) is 11.1. The Labute approximate surface area is 180 Å². The average molecular weight is 451 g/mol. The SMILES string of the molecule is Cc1ccccc1[P@](=S)(c1ccccc1)c1cccc(NC(N)=O)c1.ClCCl. The van der Waals surface area contributed by atoms with Crippen molar-refractivity contribution >= 4 is 68.7 Å². The molecule has 0 aliphatic carbocycles. The molecule has 0 aromatic heterocycles. The Kier molecular flexibility index (Phi) is 8.53. The number of carbonyl (C=O) groups excluding carboxylic acids is 1. The zero-order valence-corrected chi connectivity index (χ0v) is 18.5. The van der Waals surface area contributed by atoms with E-state index < -0.39 is 12.1 Å². The number of alkyl halides is 2. The second kappa shape index (κ2) is 10.6. The van der Waals surface area contributed by atoms with Crippen LogP contribution in [0.25, 0.3) is 0 Å². The molecule has 3 aromatic rings. The number of anilines is 1. The van der Waals surface area contributed by atoms with Crippen LogP contribution in [0.1, 0.15) is 5.56 Å². The van der Waals surface area contributed by atoms with Gasteiger partial charge >= 0.3 is 6.03 Å². The van der Waals surface area contributed by atoms with E-state index in [2.05, 4.69) is 36.5 Å². The molecule has 0 radical (unpaired) electrons. The van der Waals surface area contributed by atoms with Crippen molar-refractivity contribution in [2.75, 3.05) is 10.7 Å². The van der Waals surface area contributed by atoms with Crippen LogP contribution in [0.15, 0.2) is 78.9 Å². The second-order valence-electron chi connectivity index (χ2n) is 5.87. The minimum Gasteiger partial charge on any atom is -0.351 e. The minimum atomic E-state index is -2.24. The molecule has 3 rings (SSSR count). The van der Waals surface area contributed by atoms with Gasteiger partial charge in [0.05, 0.1) is 5.34 Å². The number of amides is 2. The maximum atomic E-state index is 11.2. The summed E-state index contributed by atoms with van der Waals surface area (Å²) in [6, 6.07) is 23.3. The van der Waals surface area contributed by atoms with Crippen LogP contribution in [-0.2, 0) is 11.8 Å². The first-order chi connectivity index (χ1) is 13.4. The van der Waals surface area contributed by atoms with Gasteiger partial charge in [0, 0.05) is 11.7 Å². The van der Waals surface area contributed by atoms with Crippen LogP contribution in [0.2, 0.25) is 0 Å². The summed E-state index contributed by atoms with van der Waals surface area (Å²) in [5, 5.41) is 6.14. The van der Waals surface area contributed by atoms with Gasteiger partial charge in [0.2, 0.25) is 0 Å². The van der Waals surface area contributed by atoms with Crippen LogP contribution >= 0.6 is 29.2 Å². The summed E-state index contributed by atoms with van der Waals surface area (Å²) in [5.41, 5.74) is 7.09. The van der Waals surface area contributed by atoms with Crippen molar-refractivity contribution in [3.63, 3.8) is 0 Å². The van der Waals surface area contributed by atoms with Crippen LogP contribution in [0.5, 0.6) is 0 Å². The Bertz CT molecular complexity index is 983. The van der Waals surface area contributed by atoms with Crippen LogP contribution in [0.3, 0.4) is 0 Å². The first-order valence-corrected chi connectivity index (χ1v) is 12.3. The number of rotatable bonds is 4. The highest BCUT2D eigenvalue weighted by atomic mass is 35.5. The third kappa shape index (κ3) is 5.36.